The van der Waals surface area contributed by atoms with Crippen LogP contribution in [0.1, 0.15) is 33.1 Å². The van der Waals surface area contributed by atoms with E-state index in [1.807, 2.05) is 13.8 Å². The summed E-state index contributed by atoms with van der Waals surface area (Å²) in [4.78, 5) is 10.8. The summed E-state index contributed by atoms with van der Waals surface area (Å²) < 4.78 is 11.9. The van der Waals surface area contributed by atoms with Gasteiger partial charge in [0.15, 0.2) is 0 Å². The average Bonchev–Trinajstić information content (AvgIpc) is 1.99. The SMILES string of the molecule is CC(C)C[C@@](N)(CCCF)C(=O)O. The molecule has 0 fully saturated rings. The second-order valence-electron chi connectivity index (χ2n) is 3.85. The lowest BCUT2D eigenvalue weighted by Crippen LogP contribution is -2.49. The second kappa shape index (κ2) is 5.17. The number of nitrogens with two attached hydrogens (primary N) is 1. The fourth-order valence-corrected chi connectivity index (χ4v) is 1.41. The molecule has 0 radical (unpaired) electrons. The van der Waals surface area contributed by atoms with Gasteiger partial charge in [0, 0.05) is 0 Å². The predicted octanol–water partition coefficient (Wildman–Crippen LogP) is 1.56. The lowest BCUT2D eigenvalue weighted by Gasteiger charge is -2.26. The second-order valence-corrected chi connectivity index (χ2v) is 3.85. The zero-order chi connectivity index (χ0) is 10.5. The minimum Gasteiger partial charge on any atom is -0.480 e. The maximum absolute atomic E-state index is 11.9. The van der Waals surface area contributed by atoms with Gasteiger partial charge >= 0.3 is 5.97 Å². The van der Waals surface area contributed by atoms with Crippen LogP contribution in [0.25, 0.3) is 0 Å². The van der Waals surface area contributed by atoms with Gasteiger partial charge in [0.25, 0.3) is 0 Å². The summed E-state index contributed by atoms with van der Waals surface area (Å²) in [6, 6.07) is 0. The summed E-state index contributed by atoms with van der Waals surface area (Å²) in [7, 11) is 0. The topological polar surface area (TPSA) is 63.3 Å². The first-order valence-corrected chi connectivity index (χ1v) is 4.50. The monoisotopic (exact) mass is 191 g/mol. The van der Waals surface area contributed by atoms with Crippen LogP contribution in [-0.4, -0.2) is 23.3 Å². The molecule has 0 unspecified atom stereocenters. The maximum atomic E-state index is 11.9. The lowest BCUT2D eigenvalue weighted by atomic mass is 9.86. The molecule has 13 heavy (non-hydrogen) atoms. The van der Waals surface area contributed by atoms with Crippen LogP contribution >= 0.6 is 0 Å². The Kier molecular flexibility index (Phi) is 4.91. The quantitative estimate of drug-likeness (QED) is 0.669. The molecule has 0 aliphatic carbocycles. The van der Waals surface area contributed by atoms with Crippen molar-refractivity contribution in [3.05, 3.63) is 0 Å². The Morgan fingerprint density at radius 2 is 2.15 bits per heavy atom. The molecule has 78 valence electrons. The molecule has 0 aromatic heterocycles. The van der Waals surface area contributed by atoms with Crippen LogP contribution in [0.3, 0.4) is 0 Å². The summed E-state index contributed by atoms with van der Waals surface area (Å²) in [5, 5.41) is 8.86. The molecule has 0 heterocycles. The van der Waals surface area contributed by atoms with Gasteiger partial charge in [-0.1, -0.05) is 13.8 Å². The Morgan fingerprint density at radius 3 is 2.46 bits per heavy atom. The van der Waals surface area contributed by atoms with Crippen LogP contribution in [0.15, 0.2) is 0 Å². The normalized spacial score (nSPS) is 15.8. The Hall–Kier alpha value is -0.640. The third kappa shape index (κ3) is 4.22. The van der Waals surface area contributed by atoms with Crippen LogP contribution in [0.4, 0.5) is 4.39 Å². The van der Waals surface area contributed by atoms with E-state index in [2.05, 4.69) is 0 Å². The van der Waals surface area contributed by atoms with Gasteiger partial charge in [-0.3, -0.25) is 9.18 Å². The number of carboxylic acids is 1. The van der Waals surface area contributed by atoms with Crippen molar-refractivity contribution in [3.63, 3.8) is 0 Å². The van der Waals surface area contributed by atoms with Gasteiger partial charge in [-0.2, -0.15) is 0 Å². The Labute approximate surface area is 78.1 Å². The van der Waals surface area contributed by atoms with Gasteiger partial charge in [-0.15, -0.1) is 0 Å². The smallest absolute Gasteiger partial charge is 0.323 e. The molecule has 3 N–H and O–H groups in total. The van der Waals surface area contributed by atoms with Gasteiger partial charge in [-0.25, -0.2) is 0 Å². The fourth-order valence-electron chi connectivity index (χ4n) is 1.41. The van der Waals surface area contributed by atoms with E-state index in [9.17, 15) is 9.18 Å². The first kappa shape index (κ1) is 12.4. The molecule has 0 spiro atoms. The molecule has 0 saturated carbocycles. The predicted molar refractivity (Wildman–Crippen MR) is 49.2 cm³/mol. The van der Waals surface area contributed by atoms with E-state index in [1.54, 1.807) is 0 Å². The van der Waals surface area contributed by atoms with E-state index in [0.717, 1.165) is 0 Å². The molecular formula is C9H18FNO2. The molecule has 0 saturated heterocycles. The van der Waals surface area contributed by atoms with Gasteiger partial charge in [0.2, 0.25) is 0 Å². The summed E-state index contributed by atoms with van der Waals surface area (Å²) in [6.07, 6.45) is 0.814. The fraction of sp³-hybridized carbons (Fsp3) is 0.889. The summed E-state index contributed by atoms with van der Waals surface area (Å²) >= 11 is 0. The minimum absolute atomic E-state index is 0.205. The first-order valence-electron chi connectivity index (χ1n) is 4.50. The van der Waals surface area contributed by atoms with Crippen molar-refractivity contribution in [2.75, 3.05) is 6.67 Å². The molecule has 0 aliphatic heterocycles. The van der Waals surface area contributed by atoms with E-state index < -0.39 is 18.2 Å². The number of hydrogen-bond acceptors (Lipinski definition) is 2. The highest BCUT2D eigenvalue weighted by Crippen LogP contribution is 2.20. The van der Waals surface area contributed by atoms with Crippen molar-refractivity contribution >= 4 is 5.97 Å². The Balaban J connectivity index is 4.25. The molecule has 0 bridgehead atoms. The van der Waals surface area contributed by atoms with E-state index in [-0.39, 0.29) is 18.8 Å². The molecule has 1 atom stereocenters. The van der Waals surface area contributed by atoms with Crippen molar-refractivity contribution in [2.24, 2.45) is 11.7 Å². The minimum atomic E-state index is -1.25. The van der Waals surface area contributed by atoms with Crippen LogP contribution < -0.4 is 5.73 Å². The molecule has 4 heteroatoms. The average molecular weight is 191 g/mol. The first-order chi connectivity index (χ1) is 5.92. The Bertz CT molecular complexity index is 173. The van der Waals surface area contributed by atoms with Crippen molar-refractivity contribution in [2.45, 2.75) is 38.6 Å². The zero-order valence-corrected chi connectivity index (χ0v) is 8.22. The highest BCUT2D eigenvalue weighted by molar-refractivity contribution is 5.78. The molecule has 0 aromatic rings. The Morgan fingerprint density at radius 1 is 1.62 bits per heavy atom. The molecular weight excluding hydrogens is 173 g/mol. The molecule has 0 rings (SSSR count). The third-order valence-electron chi connectivity index (χ3n) is 1.95. The molecule has 0 aromatic carbocycles. The number of halogens is 1. The van der Waals surface area contributed by atoms with Gasteiger partial charge in [-0.05, 0) is 25.2 Å². The van der Waals surface area contributed by atoms with Crippen molar-refractivity contribution in [1.29, 1.82) is 0 Å². The van der Waals surface area contributed by atoms with Gasteiger partial charge in [0.05, 0.1) is 6.67 Å². The molecule has 0 amide bonds. The summed E-state index contributed by atoms with van der Waals surface area (Å²) in [5.41, 5.74) is 4.41. The van der Waals surface area contributed by atoms with Crippen LogP contribution in [0.2, 0.25) is 0 Å². The van der Waals surface area contributed by atoms with E-state index in [1.165, 1.54) is 0 Å². The zero-order valence-electron chi connectivity index (χ0n) is 8.22. The lowest BCUT2D eigenvalue weighted by molar-refractivity contribution is -0.144. The number of alkyl halides is 1. The maximum Gasteiger partial charge on any atom is 0.323 e. The number of rotatable bonds is 6. The largest absolute Gasteiger partial charge is 0.480 e. The third-order valence-corrected chi connectivity index (χ3v) is 1.95. The van der Waals surface area contributed by atoms with E-state index >= 15 is 0 Å². The molecule has 3 nitrogen and oxygen atoms in total. The van der Waals surface area contributed by atoms with E-state index in [4.69, 9.17) is 10.8 Å². The van der Waals surface area contributed by atoms with E-state index in [0.29, 0.717) is 6.42 Å². The number of aliphatic carboxylic acids is 1. The summed E-state index contributed by atoms with van der Waals surface area (Å²) in [6.45, 7) is 3.30. The van der Waals surface area contributed by atoms with Crippen molar-refractivity contribution in [1.82, 2.24) is 0 Å². The van der Waals surface area contributed by atoms with Crippen molar-refractivity contribution < 1.29 is 14.3 Å². The van der Waals surface area contributed by atoms with Gasteiger partial charge < -0.3 is 10.8 Å². The summed E-state index contributed by atoms with van der Waals surface area (Å²) in [5.74, 6) is -0.824. The highest BCUT2D eigenvalue weighted by atomic mass is 19.1. The van der Waals surface area contributed by atoms with Gasteiger partial charge in [0.1, 0.15) is 5.54 Å². The number of hydrogen-bond donors (Lipinski definition) is 2. The molecule has 0 aliphatic rings. The van der Waals surface area contributed by atoms with Crippen LogP contribution in [-0.2, 0) is 4.79 Å². The number of carbonyl (C=O) groups is 1. The standard InChI is InChI=1S/C9H18FNO2/c1-7(2)6-9(11,8(12)13)4-3-5-10/h7H,3-6,11H2,1-2H3,(H,12,13)/t9-/m0/s1. The van der Waals surface area contributed by atoms with Crippen LogP contribution in [0.5, 0.6) is 0 Å². The van der Waals surface area contributed by atoms with Crippen molar-refractivity contribution in [3.8, 4) is 0 Å². The van der Waals surface area contributed by atoms with Crippen LogP contribution in [0, 0.1) is 5.92 Å². The highest BCUT2D eigenvalue weighted by Gasteiger charge is 2.33. The number of carboxylic acid groups (broad SMARTS) is 1.